The Labute approximate surface area is 199 Å². The van der Waals surface area contributed by atoms with Gasteiger partial charge in [-0.15, -0.1) is 0 Å². The number of carbonyl (C=O) groups excluding carboxylic acids is 2. The number of anilines is 1. The standard InChI is InChI=1S/C25H28N2O3S2/c1-3-19-9-6-7-10-21(19)26-23(28)11-5-4-8-16-27-24(29)22(32-25(27)31)17-18-12-14-20(30-2)15-13-18/h6-7,9-10,12-15,17H,3-5,8,11,16H2,1-2H3,(H,26,28). The molecule has 3 rings (SSSR count). The third-order valence-electron chi connectivity index (χ3n) is 5.25. The van der Waals surface area contributed by atoms with Crippen molar-refractivity contribution in [3.63, 3.8) is 0 Å². The van der Waals surface area contributed by atoms with Crippen LogP contribution < -0.4 is 10.1 Å². The van der Waals surface area contributed by atoms with Crippen LogP contribution in [0.15, 0.2) is 53.4 Å². The lowest BCUT2D eigenvalue weighted by Crippen LogP contribution is -2.29. The largest absolute Gasteiger partial charge is 0.497 e. The molecule has 1 aliphatic rings. The number of thiocarbonyl (C=S) groups is 1. The number of hydrogen-bond acceptors (Lipinski definition) is 5. The van der Waals surface area contributed by atoms with Crippen LogP contribution >= 0.6 is 24.0 Å². The zero-order chi connectivity index (χ0) is 22.9. The molecular weight excluding hydrogens is 440 g/mol. The van der Waals surface area contributed by atoms with Gasteiger partial charge in [0.15, 0.2) is 0 Å². The number of nitrogens with one attached hydrogen (secondary N) is 1. The van der Waals surface area contributed by atoms with E-state index in [1.54, 1.807) is 12.0 Å². The maximum absolute atomic E-state index is 12.7. The first-order chi connectivity index (χ1) is 15.5. The van der Waals surface area contributed by atoms with Crippen molar-refractivity contribution in [1.82, 2.24) is 4.90 Å². The van der Waals surface area contributed by atoms with E-state index in [0.717, 1.165) is 48.2 Å². The molecule has 0 spiro atoms. The van der Waals surface area contributed by atoms with Crippen molar-refractivity contribution in [3.05, 3.63) is 64.6 Å². The Morgan fingerprint density at radius 1 is 1.12 bits per heavy atom. The number of ether oxygens (including phenoxy) is 1. The van der Waals surface area contributed by atoms with E-state index < -0.39 is 0 Å². The normalized spacial score (nSPS) is 14.8. The lowest BCUT2D eigenvalue weighted by atomic mass is 10.1. The Bertz CT molecular complexity index is 1000. The average Bonchev–Trinajstić information content (AvgIpc) is 3.07. The number of carbonyl (C=O) groups is 2. The van der Waals surface area contributed by atoms with E-state index in [2.05, 4.69) is 12.2 Å². The first kappa shape index (κ1) is 24.0. The van der Waals surface area contributed by atoms with Gasteiger partial charge in [0.25, 0.3) is 5.91 Å². The highest BCUT2D eigenvalue weighted by Gasteiger charge is 2.31. The van der Waals surface area contributed by atoms with Crippen LogP contribution in [-0.2, 0) is 16.0 Å². The van der Waals surface area contributed by atoms with Crippen LogP contribution in [0.4, 0.5) is 5.69 Å². The molecule has 1 fully saturated rings. The van der Waals surface area contributed by atoms with Gasteiger partial charge in [-0.25, -0.2) is 0 Å². The Hall–Kier alpha value is -2.64. The Morgan fingerprint density at radius 2 is 1.88 bits per heavy atom. The Morgan fingerprint density at radius 3 is 2.59 bits per heavy atom. The summed E-state index contributed by atoms with van der Waals surface area (Å²) >= 11 is 6.74. The quantitative estimate of drug-likeness (QED) is 0.277. The summed E-state index contributed by atoms with van der Waals surface area (Å²) in [6.07, 6.45) is 5.65. The van der Waals surface area contributed by atoms with Gasteiger partial charge in [0.2, 0.25) is 5.91 Å². The van der Waals surface area contributed by atoms with Crippen LogP contribution in [0.1, 0.15) is 43.7 Å². The van der Waals surface area contributed by atoms with Crippen molar-refractivity contribution in [2.24, 2.45) is 0 Å². The van der Waals surface area contributed by atoms with Crippen LogP contribution in [0.25, 0.3) is 6.08 Å². The third kappa shape index (κ3) is 6.43. The number of benzene rings is 2. The lowest BCUT2D eigenvalue weighted by molar-refractivity contribution is -0.122. The minimum absolute atomic E-state index is 0.0268. The maximum Gasteiger partial charge on any atom is 0.266 e. The van der Waals surface area contributed by atoms with Crippen LogP contribution in [0.2, 0.25) is 0 Å². The van der Waals surface area contributed by atoms with E-state index in [1.807, 2.05) is 54.6 Å². The fourth-order valence-electron chi connectivity index (χ4n) is 3.44. The molecule has 5 nitrogen and oxygen atoms in total. The van der Waals surface area contributed by atoms with Gasteiger partial charge in [-0.05, 0) is 54.7 Å². The van der Waals surface area contributed by atoms with Crippen molar-refractivity contribution >= 4 is 51.9 Å². The number of nitrogens with zero attached hydrogens (tertiary/aromatic N) is 1. The van der Waals surface area contributed by atoms with Crippen LogP contribution in [-0.4, -0.2) is 34.7 Å². The van der Waals surface area contributed by atoms with Gasteiger partial charge in [-0.2, -0.15) is 0 Å². The predicted octanol–water partition coefficient (Wildman–Crippen LogP) is 5.66. The van der Waals surface area contributed by atoms with Gasteiger partial charge in [0, 0.05) is 18.7 Å². The van der Waals surface area contributed by atoms with Crippen molar-refractivity contribution in [1.29, 1.82) is 0 Å². The van der Waals surface area contributed by atoms with E-state index in [0.29, 0.717) is 22.2 Å². The number of hydrogen-bond donors (Lipinski definition) is 1. The summed E-state index contributed by atoms with van der Waals surface area (Å²) in [7, 11) is 1.62. The van der Waals surface area contributed by atoms with E-state index >= 15 is 0 Å². The molecule has 0 saturated carbocycles. The molecule has 2 aromatic rings. The van der Waals surface area contributed by atoms with E-state index in [-0.39, 0.29) is 11.8 Å². The average molecular weight is 469 g/mol. The molecule has 0 unspecified atom stereocenters. The fraction of sp³-hybridized carbons (Fsp3) is 0.320. The molecular formula is C25H28N2O3S2. The second kappa shape index (κ2) is 11.8. The van der Waals surface area contributed by atoms with Crippen LogP contribution in [0.3, 0.4) is 0 Å². The van der Waals surface area contributed by atoms with Crippen molar-refractivity contribution in [3.8, 4) is 5.75 Å². The van der Waals surface area contributed by atoms with E-state index in [4.69, 9.17) is 17.0 Å². The summed E-state index contributed by atoms with van der Waals surface area (Å²) in [5.41, 5.74) is 2.96. The zero-order valence-electron chi connectivity index (χ0n) is 18.4. The molecule has 1 saturated heterocycles. The van der Waals surface area contributed by atoms with Crippen molar-refractivity contribution in [2.75, 3.05) is 19.0 Å². The number of aryl methyl sites for hydroxylation is 1. The molecule has 0 bridgehead atoms. The molecule has 1 N–H and O–H groups in total. The molecule has 1 heterocycles. The number of amides is 2. The number of rotatable bonds is 10. The zero-order valence-corrected chi connectivity index (χ0v) is 20.1. The first-order valence-corrected chi connectivity index (χ1v) is 12.0. The van der Waals surface area contributed by atoms with Gasteiger partial charge < -0.3 is 10.1 Å². The predicted molar refractivity (Wildman–Crippen MR) is 136 cm³/mol. The summed E-state index contributed by atoms with van der Waals surface area (Å²) in [6, 6.07) is 15.4. The van der Waals surface area contributed by atoms with E-state index in [1.165, 1.54) is 11.8 Å². The molecule has 168 valence electrons. The van der Waals surface area contributed by atoms with Gasteiger partial charge in [0.05, 0.1) is 12.0 Å². The molecule has 2 amide bonds. The first-order valence-electron chi connectivity index (χ1n) is 10.8. The number of thioether (sulfide) groups is 1. The summed E-state index contributed by atoms with van der Waals surface area (Å²) in [6.45, 7) is 2.65. The van der Waals surface area contributed by atoms with Gasteiger partial charge in [-0.1, -0.05) is 67.7 Å². The molecule has 0 radical (unpaired) electrons. The second-order valence-electron chi connectivity index (χ2n) is 7.48. The highest BCUT2D eigenvalue weighted by molar-refractivity contribution is 8.26. The summed E-state index contributed by atoms with van der Waals surface area (Å²) in [4.78, 5) is 27.3. The topological polar surface area (TPSA) is 58.6 Å². The molecule has 0 aromatic heterocycles. The van der Waals surface area contributed by atoms with Gasteiger partial charge in [-0.3, -0.25) is 14.5 Å². The van der Waals surface area contributed by atoms with Crippen molar-refractivity contribution < 1.29 is 14.3 Å². The lowest BCUT2D eigenvalue weighted by Gasteiger charge is -2.14. The van der Waals surface area contributed by atoms with Gasteiger partial charge in [0.1, 0.15) is 10.1 Å². The minimum atomic E-state index is -0.0512. The molecule has 0 aliphatic carbocycles. The van der Waals surface area contributed by atoms with Crippen LogP contribution in [0.5, 0.6) is 5.75 Å². The number of unbranched alkanes of at least 4 members (excludes halogenated alkanes) is 2. The molecule has 2 aromatic carbocycles. The Balaban J connectivity index is 1.42. The fourth-order valence-corrected chi connectivity index (χ4v) is 4.75. The molecule has 1 aliphatic heterocycles. The second-order valence-corrected chi connectivity index (χ2v) is 9.15. The summed E-state index contributed by atoms with van der Waals surface area (Å²) < 4.78 is 5.75. The highest BCUT2D eigenvalue weighted by atomic mass is 32.2. The molecule has 0 atom stereocenters. The minimum Gasteiger partial charge on any atom is -0.497 e. The van der Waals surface area contributed by atoms with E-state index in [9.17, 15) is 9.59 Å². The smallest absolute Gasteiger partial charge is 0.266 e. The number of methoxy groups -OCH3 is 1. The van der Waals surface area contributed by atoms with Gasteiger partial charge >= 0.3 is 0 Å². The molecule has 7 heteroatoms. The highest BCUT2D eigenvalue weighted by Crippen LogP contribution is 2.33. The third-order valence-corrected chi connectivity index (χ3v) is 6.62. The summed E-state index contributed by atoms with van der Waals surface area (Å²) in [5, 5.41) is 3.00. The maximum atomic E-state index is 12.7. The summed E-state index contributed by atoms with van der Waals surface area (Å²) in [5.74, 6) is 0.752. The Kier molecular flexibility index (Phi) is 8.88. The molecule has 32 heavy (non-hydrogen) atoms. The van der Waals surface area contributed by atoms with Crippen LogP contribution in [0, 0.1) is 0 Å². The monoisotopic (exact) mass is 468 g/mol. The SMILES string of the molecule is CCc1ccccc1NC(=O)CCCCCN1C(=O)C(=Cc2ccc(OC)cc2)SC1=S. The number of para-hydroxylation sites is 1. The van der Waals surface area contributed by atoms with Crippen molar-refractivity contribution in [2.45, 2.75) is 39.0 Å².